The van der Waals surface area contributed by atoms with E-state index in [0.717, 1.165) is 19.0 Å². The van der Waals surface area contributed by atoms with Crippen LogP contribution in [0.25, 0.3) is 22.3 Å². The number of nitrogens with one attached hydrogen (secondary N) is 2. The highest BCUT2D eigenvalue weighted by Crippen LogP contribution is 2.34. The van der Waals surface area contributed by atoms with Gasteiger partial charge in [-0.1, -0.05) is 0 Å². The molecule has 5 unspecified atom stereocenters. The minimum absolute atomic E-state index is 0.0207. The quantitative estimate of drug-likeness (QED) is 0.109. The van der Waals surface area contributed by atoms with E-state index in [0.29, 0.717) is 0 Å². The Balaban J connectivity index is 1.12. The highest BCUT2D eigenvalue weighted by molar-refractivity contribution is 5.75. The van der Waals surface area contributed by atoms with Crippen LogP contribution in [0.15, 0.2) is 34.9 Å². The Bertz CT molecular complexity index is 1680. The monoisotopic (exact) mass is 562 g/mol. The average molecular weight is 562 g/mol. The molecule has 0 spiro atoms. The van der Waals surface area contributed by atoms with Gasteiger partial charge in [0.2, 0.25) is 0 Å². The molecule has 0 bridgehead atoms. The summed E-state index contributed by atoms with van der Waals surface area (Å²) in [4.78, 5) is 56.9. The molecule has 19 nitrogen and oxygen atoms in total. The number of hydrogen-bond acceptors (Lipinski definition) is 15. The number of nitrogens with zero attached hydrogens (tertiary/aromatic N) is 6. The van der Waals surface area contributed by atoms with Crippen LogP contribution in [0.3, 0.4) is 0 Å². The van der Waals surface area contributed by atoms with Crippen molar-refractivity contribution in [3.05, 3.63) is 46.0 Å². The fourth-order valence-corrected chi connectivity index (χ4v) is 4.76. The maximum Gasteiger partial charge on any atom is 0.337 e. The van der Waals surface area contributed by atoms with Crippen LogP contribution in [0.5, 0.6) is 0 Å². The van der Waals surface area contributed by atoms with Crippen LogP contribution < -0.4 is 11.1 Å². The SMILES string of the molecule is O=C(OC[C@H]1O[C@@H](n2cnc3c(=O)[nH]cnc32)C(O)C1O)C(O)[C@H]1O[C@@H](n2cnc3c(=O)[nH]cnc32)C(O)C1O. The molecule has 0 aromatic carbocycles. The van der Waals surface area contributed by atoms with Crippen molar-refractivity contribution in [3.8, 4) is 0 Å². The molecule has 0 saturated carbocycles. The number of aliphatic hydroxyl groups is 5. The summed E-state index contributed by atoms with van der Waals surface area (Å²) in [5.41, 5.74) is -1.04. The highest BCUT2D eigenvalue weighted by atomic mass is 16.6. The molecule has 2 aliphatic rings. The summed E-state index contributed by atoms with van der Waals surface area (Å²) in [5.74, 6) is -1.28. The van der Waals surface area contributed by atoms with Crippen LogP contribution in [0, 0.1) is 0 Å². The van der Waals surface area contributed by atoms with Crippen molar-refractivity contribution in [1.82, 2.24) is 39.0 Å². The predicted octanol–water partition coefficient (Wildman–Crippen LogP) is -4.60. The Morgan fingerprint density at radius 3 is 1.95 bits per heavy atom. The zero-order valence-corrected chi connectivity index (χ0v) is 20.1. The van der Waals surface area contributed by atoms with Crippen LogP contribution in [0.1, 0.15) is 12.5 Å². The lowest BCUT2D eigenvalue weighted by Gasteiger charge is -2.21. The third-order valence-electron chi connectivity index (χ3n) is 6.83. The summed E-state index contributed by atoms with van der Waals surface area (Å²) >= 11 is 0. The molecule has 4 aromatic rings. The summed E-state index contributed by atoms with van der Waals surface area (Å²) in [6.45, 7) is -0.626. The maximum atomic E-state index is 12.6. The lowest BCUT2D eigenvalue weighted by molar-refractivity contribution is -0.172. The molecular formula is C21H22N8O11. The maximum absolute atomic E-state index is 12.6. The highest BCUT2D eigenvalue weighted by Gasteiger charge is 2.50. The second kappa shape index (κ2) is 9.82. The van der Waals surface area contributed by atoms with Gasteiger partial charge in [-0.05, 0) is 0 Å². The standard InChI is InChI=1S/C21H22N8O11/c30-9-6(39-19(11(9)32)28-4-26-7-15(28)22-2-24-17(7)35)1-38-21(37)13(34)14-10(31)12(33)20(40-14)29-5-27-8-16(29)23-3-25-18(8)36/h2-6,9-14,19-20,30-34H,1H2,(H,22,24,35)(H,23,25,36)/t6-,9?,10?,11?,12?,13?,14+,19-,20-/m1/s1. The molecule has 40 heavy (non-hydrogen) atoms. The van der Waals surface area contributed by atoms with E-state index in [1.165, 1.54) is 15.5 Å². The number of carbonyl (C=O) groups is 1. The summed E-state index contributed by atoms with van der Waals surface area (Å²) in [7, 11) is 0. The van der Waals surface area contributed by atoms with Gasteiger partial charge in [0.05, 0.1) is 25.3 Å². The van der Waals surface area contributed by atoms with E-state index in [-0.39, 0.29) is 22.3 Å². The van der Waals surface area contributed by atoms with Crippen molar-refractivity contribution in [2.75, 3.05) is 6.61 Å². The van der Waals surface area contributed by atoms with Gasteiger partial charge in [0.1, 0.15) is 43.2 Å². The summed E-state index contributed by atoms with van der Waals surface area (Å²) in [6, 6.07) is 0. The molecule has 6 rings (SSSR count). The number of imidazole rings is 2. The fraction of sp³-hybridized carbons (Fsp3) is 0.476. The van der Waals surface area contributed by atoms with E-state index in [4.69, 9.17) is 14.2 Å². The number of rotatable bonds is 6. The van der Waals surface area contributed by atoms with Gasteiger partial charge in [-0.25, -0.2) is 24.7 Å². The van der Waals surface area contributed by atoms with Crippen LogP contribution >= 0.6 is 0 Å². The number of carbonyl (C=O) groups excluding carboxylic acids is 1. The summed E-state index contributed by atoms with van der Waals surface area (Å²) in [6.07, 6.45) is -9.47. The molecule has 2 fully saturated rings. The van der Waals surface area contributed by atoms with Gasteiger partial charge in [0, 0.05) is 0 Å². The smallest absolute Gasteiger partial charge is 0.337 e. The number of hydrogen-bond donors (Lipinski definition) is 7. The predicted molar refractivity (Wildman–Crippen MR) is 125 cm³/mol. The van der Waals surface area contributed by atoms with Gasteiger partial charge in [-0.15, -0.1) is 0 Å². The summed E-state index contributed by atoms with van der Waals surface area (Å²) in [5, 5.41) is 52.5. The van der Waals surface area contributed by atoms with E-state index >= 15 is 0 Å². The van der Waals surface area contributed by atoms with Crippen LogP contribution in [-0.4, -0.2) is 120 Å². The normalized spacial score (nSPS) is 31.2. The number of aromatic amines is 2. The molecule has 19 heteroatoms. The third-order valence-corrected chi connectivity index (χ3v) is 6.83. The second-order valence-corrected chi connectivity index (χ2v) is 9.21. The van der Waals surface area contributed by atoms with Gasteiger partial charge in [0.25, 0.3) is 11.1 Å². The molecule has 212 valence electrons. The lowest BCUT2D eigenvalue weighted by atomic mass is 10.1. The second-order valence-electron chi connectivity index (χ2n) is 9.21. The molecule has 0 aliphatic carbocycles. The fourth-order valence-electron chi connectivity index (χ4n) is 4.76. The lowest BCUT2D eigenvalue weighted by Crippen LogP contribution is -2.44. The molecular weight excluding hydrogens is 540 g/mol. The minimum Gasteiger partial charge on any atom is -0.461 e. The van der Waals surface area contributed by atoms with Gasteiger partial charge in [-0.2, -0.15) is 0 Å². The third kappa shape index (κ3) is 4.07. The largest absolute Gasteiger partial charge is 0.461 e. The van der Waals surface area contributed by atoms with E-state index in [1.807, 2.05) is 0 Å². The Labute approximate surface area is 220 Å². The van der Waals surface area contributed by atoms with Crippen molar-refractivity contribution in [1.29, 1.82) is 0 Å². The molecule has 0 amide bonds. The zero-order valence-electron chi connectivity index (χ0n) is 20.1. The molecule has 9 atom stereocenters. The van der Waals surface area contributed by atoms with Crippen LogP contribution in [0.2, 0.25) is 0 Å². The molecule has 2 aliphatic heterocycles. The Morgan fingerprint density at radius 2 is 1.38 bits per heavy atom. The van der Waals surface area contributed by atoms with Gasteiger partial charge >= 0.3 is 5.97 Å². The average Bonchev–Trinajstić information content (AvgIpc) is 3.70. The topological polar surface area (TPSA) is 273 Å². The molecule has 0 radical (unpaired) electrons. The zero-order chi connectivity index (χ0) is 28.3. The van der Waals surface area contributed by atoms with Crippen molar-refractivity contribution in [3.63, 3.8) is 0 Å². The molecule has 7 N–H and O–H groups in total. The summed E-state index contributed by atoms with van der Waals surface area (Å²) < 4.78 is 18.6. The first-order valence-electron chi connectivity index (χ1n) is 11.9. The number of aliphatic hydroxyl groups excluding tert-OH is 5. The molecule has 2 saturated heterocycles. The van der Waals surface area contributed by atoms with Gasteiger partial charge < -0.3 is 49.7 Å². The minimum atomic E-state index is -2.09. The Hall–Kier alpha value is -4.11. The number of fused-ring (bicyclic) bond motifs is 2. The first-order chi connectivity index (χ1) is 19.2. The van der Waals surface area contributed by atoms with Crippen molar-refractivity contribution >= 4 is 28.3 Å². The van der Waals surface area contributed by atoms with Crippen molar-refractivity contribution in [2.24, 2.45) is 0 Å². The number of aromatic nitrogens is 8. The van der Waals surface area contributed by atoms with E-state index in [1.54, 1.807) is 0 Å². The number of H-pyrrole nitrogens is 2. The Morgan fingerprint density at radius 1 is 0.850 bits per heavy atom. The van der Waals surface area contributed by atoms with Crippen molar-refractivity contribution < 1.29 is 44.5 Å². The van der Waals surface area contributed by atoms with Crippen LogP contribution in [-0.2, 0) is 19.0 Å². The van der Waals surface area contributed by atoms with Crippen molar-refractivity contribution in [2.45, 2.75) is 55.2 Å². The van der Waals surface area contributed by atoms with Crippen LogP contribution in [0.4, 0.5) is 0 Å². The first-order valence-corrected chi connectivity index (χ1v) is 11.9. The first kappa shape index (κ1) is 26.1. The van der Waals surface area contributed by atoms with E-state index in [9.17, 15) is 39.9 Å². The van der Waals surface area contributed by atoms with E-state index < -0.39 is 78.9 Å². The molecule has 6 heterocycles. The van der Waals surface area contributed by atoms with E-state index in [2.05, 4.69) is 29.9 Å². The van der Waals surface area contributed by atoms with Gasteiger partial charge in [-0.3, -0.25) is 18.7 Å². The molecule has 4 aromatic heterocycles. The van der Waals surface area contributed by atoms with Gasteiger partial charge in [0.15, 0.2) is 40.9 Å². The number of esters is 1. The number of ether oxygens (including phenoxy) is 3. The Kier molecular flexibility index (Phi) is 6.41.